The van der Waals surface area contributed by atoms with Crippen molar-refractivity contribution in [3.05, 3.63) is 33.9 Å². The summed E-state index contributed by atoms with van der Waals surface area (Å²) < 4.78 is 5.67. The van der Waals surface area contributed by atoms with Gasteiger partial charge in [0.1, 0.15) is 0 Å². The number of nitro benzene ring substituents is 1. The summed E-state index contributed by atoms with van der Waals surface area (Å²) in [5.74, 6) is -0.464. The zero-order valence-electron chi connectivity index (χ0n) is 12.0. The molecular formula is C15H18N2O5. The van der Waals surface area contributed by atoms with Crippen LogP contribution in [0.3, 0.4) is 0 Å². The first-order valence-corrected chi connectivity index (χ1v) is 7.46. The van der Waals surface area contributed by atoms with Gasteiger partial charge in [0.05, 0.1) is 11.0 Å². The first-order chi connectivity index (χ1) is 10.6. The normalized spacial score (nSPS) is 27.2. The molecule has 0 unspecified atom stereocenters. The number of nitro groups is 1. The highest BCUT2D eigenvalue weighted by Gasteiger charge is 2.38. The maximum Gasteiger partial charge on any atom is 0.311 e. The van der Waals surface area contributed by atoms with Gasteiger partial charge in [0.15, 0.2) is 5.75 Å². The number of aromatic hydroxyl groups is 1. The van der Waals surface area contributed by atoms with Gasteiger partial charge in [-0.15, -0.1) is 0 Å². The molecule has 1 aromatic rings. The van der Waals surface area contributed by atoms with Gasteiger partial charge in [0.2, 0.25) is 0 Å². The molecule has 118 valence electrons. The van der Waals surface area contributed by atoms with Gasteiger partial charge in [-0.3, -0.25) is 14.9 Å². The number of phenols is 1. The van der Waals surface area contributed by atoms with Crippen molar-refractivity contribution in [2.75, 3.05) is 6.61 Å². The molecule has 1 saturated carbocycles. The number of hydrogen-bond donors (Lipinski definition) is 2. The van der Waals surface area contributed by atoms with E-state index in [2.05, 4.69) is 5.32 Å². The smallest absolute Gasteiger partial charge is 0.311 e. The lowest BCUT2D eigenvalue weighted by molar-refractivity contribution is -0.385. The highest BCUT2D eigenvalue weighted by atomic mass is 16.6. The molecule has 22 heavy (non-hydrogen) atoms. The minimum Gasteiger partial charge on any atom is -0.502 e. The SMILES string of the molecule is O=C(N[C@@H]1CCC[C@H]2OCC[C@@H]12)c1ccc(O)c([N+](=O)[O-])c1. The Balaban J connectivity index is 1.74. The molecule has 7 heteroatoms. The number of ether oxygens (including phenoxy) is 1. The van der Waals surface area contributed by atoms with E-state index in [-0.39, 0.29) is 23.6 Å². The molecule has 1 amide bonds. The zero-order chi connectivity index (χ0) is 15.7. The molecule has 1 heterocycles. The van der Waals surface area contributed by atoms with Crippen LogP contribution in [0, 0.1) is 16.0 Å². The van der Waals surface area contributed by atoms with Gasteiger partial charge in [0.25, 0.3) is 5.91 Å². The second-order valence-electron chi connectivity index (χ2n) is 5.83. The van der Waals surface area contributed by atoms with E-state index in [1.807, 2.05) is 0 Å². The van der Waals surface area contributed by atoms with Crippen LogP contribution in [-0.2, 0) is 4.74 Å². The van der Waals surface area contributed by atoms with Gasteiger partial charge in [-0.2, -0.15) is 0 Å². The molecule has 1 aliphatic heterocycles. The molecule has 0 radical (unpaired) electrons. The van der Waals surface area contributed by atoms with Crippen molar-refractivity contribution in [1.82, 2.24) is 5.32 Å². The number of fused-ring (bicyclic) bond motifs is 1. The van der Waals surface area contributed by atoms with Crippen molar-refractivity contribution < 1.29 is 19.6 Å². The lowest BCUT2D eigenvalue weighted by Gasteiger charge is -2.33. The van der Waals surface area contributed by atoms with Crippen LogP contribution < -0.4 is 5.32 Å². The standard InChI is InChI=1S/C15H18N2O5/c18-13-5-4-9(8-12(13)17(20)21)15(19)16-11-2-1-3-14-10(11)6-7-22-14/h4-5,8,10-11,14,18H,1-3,6-7H2,(H,16,19)/t10-,11+,14+/m0/s1. The van der Waals surface area contributed by atoms with Crippen LogP contribution in [0.2, 0.25) is 0 Å². The molecule has 0 bridgehead atoms. The summed E-state index contributed by atoms with van der Waals surface area (Å²) in [6.45, 7) is 0.729. The summed E-state index contributed by atoms with van der Waals surface area (Å²) in [7, 11) is 0. The van der Waals surface area contributed by atoms with Gasteiger partial charge >= 0.3 is 5.69 Å². The van der Waals surface area contributed by atoms with Gasteiger partial charge in [-0.25, -0.2) is 0 Å². The number of rotatable bonds is 3. The average Bonchev–Trinajstić information content (AvgIpc) is 2.97. The van der Waals surface area contributed by atoms with Gasteiger partial charge in [-0.05, 0) is 37.8 Å². The molecule has 1 saturated heterocycles. The van der Waals surface area contributed by atoms with Crippen molar-refractivity contribution in [1.29, 1.82) is 0 Å². The van der Waals surface area contributed by atoms with Crippen LogP contribution >= 0.6 is 0 Å². The van der Waals surface area contributed by atoms with Gasteiger partial charge in [-0.1, -0.05) is 0 Å². The third-order valence-electron chi connectivity index (χ3n) is 4.53. The van der Waals surface area contributed by atoms with E-state index in [0.29, 0.717) is 5.92 Å². The molecule has 1 aromatic carbocycles. The molecule has 3 rings (SSSR count). The molecular weight excluding hydrogens is 288 g/mol. The summed E-state index contributed by atoms with van der Waals surface area (Å²) in [6, 6.07) is 3.72. The summed E-state index contributed by atoms with van der Waals surface area (Å²) >= 11 is 0. The number of phenolic OH excluding ortho intramolecular Hbond substituents is 1. The Hall–Kier alpha value is -2.15. The Morgan fingerprint density at radius 2 is 2.18 bits per heavy atom. The Bertz CT molecular complexity index is 604. The van der Waals surface area contributed by atoms with Gasteiger partial charge < -0.3 is 15.2 Å². The highest BCUT2D eigenvalue weighted by Crippen LogP contribution is 2.34. The molecule has 0 aromatic heterocycles. The predicted octanol–water partition coefficient (Wildman–Crippen LogP) is 1.99. The molecule has 2 fully saturated rings. The number of carbonyl (C=O) groups is 1. The molecule has 7 nitrogen and oxygen atoms in total. The number of benzene rings is 1. The molecule has 3 atom stereocenters. The maximum absolute atomic E-state index is 12.3. The van der Waals surface area contributed by atoms with E-state index in [9.17, 15) is 20.0 Å². The van der Waals surface area contributed by atoms with Crippen molar-refractivity contribution in [2.45, 2.75) is 37.8 Å². The summed E-state index contributed by atoms with van der Waals surface area (Å²) in [6.07, 6.45) is 4.08. The van der Waals surface area contributed by atoms with Gasteiger partial charge in [0, 0.05) is 30.2 Å². The fraction of sp³-hybridized carbons (Fsp3) is 0.533. The topological polar surface area (TPSA) is 102 Å². The molecule has 2 N–H and O–H groups in total. The average molecular weight is 306 g/mol. The summed E-state index contributed by atoms with van der Waals surface area (Å²) in [5.41, 5.74) is -0.274. The maximum atomic E-state index is 12.3. The number of nitrogens with zero attached hydrogens (tertiary/aromatic N) is 1. The lowest BCUT2D eigenvalue weighted by Crippen LogP contribution is -2.45. The molecule has 2 aliphatic rings. The van der Waals surface area contributed by atoms with Crippen LogP contribution in [0.25, 0.3) is 0 Å². The first kappa shape index (κ1) is 14.8. The number of hydrogen-bond acceptors (Lipinski definition) is 5. The third kappa shape index (κ3) is 2.76. The largest absolute Gasteiger partial charge is 0.502 e. The van der Waals surface area contributed by atoms with Crippen LogP contribution in [0.15, 0.2) is 18.2 Å². The lowest BCUT2D eigenvalue weighted by atomic mass is 9.81. The van der Waals surface area contributed by atoms with E-state index in [1.54, 1.807) is 0 Å². The quantitative estimate of drug-likeness (QED) is 0.657. The second kappa shape index (κ2) is 5.92. The monoisotopic (exact) mass is 306 g/mol. The first-order valence-electron chi connectivity index (χ1n) is 7.46. The summed E-state index contributed by atoms with van der Waals surface area (Å²) in [4.78, 5) is 22.5. The van der Waals surface area contributed by atoms with Crippen LogP contribution in [-0.4, -0.2) is 34.7 Å². The summed E-state index contributed by atoms with van der Waals surface area (Å²) in [5, 5.41) is 23.2. The van der Waals surface area contributed by atoms with Crippen LogP contribution in [0.5, 0.6) is 5.75 Å². The number of carbonyl (C=O) groups excluding carboxylic acids is 1. The Morgan fingerprint density at radius 1 is 1.36 bits per heavy atom. The fourth-order valence-electron chi connectivity index (χ4n) is 3.42. The molecule has 0 spiro atoms. The van der Waals surface area contributed by atoms with Crippen molar-refractivity contribution in [2.24, 2.45) is 5.92 Å². The van der Waals surface area contributed by atoms with E-state index < -0.39 is 16.4 Å². The zero-order valence-corrected chi connectivity index (χ0v) is 12.0. The Kier molecular flexibility index (Phi) is 3.98. The van der Waals surface area contributed by atoms with Crippen molar-refractivity contribution in [3.63, 3.8) is 0 Å². The minimum absolute atomic E-state index is 0.0432. The van der Waals surface area contributed by atoms with E-state index in [1.165, 1.54) is 12.1 Å². The second-order valence-corrected chi connectivity index (χ2v) is 5.83. The van der Waals surface area contributed by atoms with Crippen LogP contribution in [0.1, 0.15) is 36.0 Å². The van der Waals surface area contributed by atoms with Crippen molar-refractivity contribution >= 4 is 11.6 Å². The predicted molar refractivity (Wildman–Crippen MR) is 77.7 cm³/mol. The fourth-order valence-corrected chi connectivity index (χ4v) is 3.42. The van der Waals surface area contributed by atoms with Crippen molar-refractivity contribution in [3.8, 4) is 5.75 Å². The number of amides is 1. The highest BCUT2D eigenvalue weighted by molar-refractivity contribution is 5.95. The minimum atomic E-state index is -0.701. The van der Waals surface area contributed by atoms with E-state index in [0.717, 1.165) is 38.4 Å². The Morgan fingerprint density at radius 3 is 2.95 bits per heavy atom. The van der Waals surface area contributed by atoms with Crippen LogP contribution in [0.4, 0.5) is 5.69 Å². The van der Waals surface area contributed by atoms with E-state index in [4.69, 9.17) is 4.74 Å². The third-order valence-corrected chi connectivity index (χ3v) is 4.53. The number of nitrogens with one attached hydrogen (secondary N) is 1. The van der Waals surface area contributed by atoms with E-state index >= 15 is 0 Å². The molecule has 1 aliphatic carbocycles. The Labute approximate surface area is 127 Å².